The van der Waals surface area contributed by atoms with E-state index in [9.17, 15) is 4.79 Å². The molecular weight excluding hydrogens is 252 g/mol. The number of amides is 1. The number of halogens is 1. The van der Waals surface area contributed by atoms with Crippen molar-refractivity contribution in [2.24, 2.45) is 11.7 Å². The van der Waals surface area contributed by atoms with Crippen LogP contribution >= 0.6 is 11.6 Å². The maximum Gasteiger partial charge on any atom is 0.258 e. The van der Waals surface area contributed by atoms with Crippen molar-refractivity contribution >= 4 is 17.5 Å². The van der Waals surface area contributed by atoms with Crippen LogP contribution in [0.25, 0.3) is 0 Å². The van der Waals surface area contributed by atoms with Crippen molar-refractivity contribution in [3.63, 3.8) is 0 Å². The third kappa shape index (κ3) is 3.89. The summed E-state index contributed by atoms with van der Waals surface area (Å²) in [5.74, 6) is 0.996. The largest absolute Gasteiger partial charge is 0.484 e. The number of hydrogen-bond acceptors (Lipinski definition) is 3. The third-order valence-corrected chi connectivity index (χ3v) is 3.19. The van der Waals surface area contributed by atoms with Crippen molar-refractivity contribution in [3.8, 4) is 5.75 Å². The summed E-state index contributed by atoms with van der Waals surface area (Å²) < 4.78 is 5.36. The van der Waals surface area contributed by atoms with Crippen molar-refractivity contribution in [2.45, 2.75) is 18.9 Å². The van der Waals surface area contributed by atoms with Crippen LogP contribution in [0.4, 0.5) is 0 Å². The zero-order valence-electron chi connectivity index (χ0n) is 10.1. The molecule has 1 aliphatic carbocycles. The van der Waals surface area contributed by atoms with Gasteiger partial charge in [-0.25, -0.2) is 0 Å². The standard InChI is InChI=1S/C13H17ClN2O2/c14-10-2-1-3-11(6-10)18-8-13(17)16-12(7-15)9-4-5-9/h1-3,6,9,12H,4-5,7-8,15H2,(H,16,17). The van der Waals surface area contributed by atoms with E-state index < -0.39 is 0 Å². The molecule has 0 spiro atoms. The van der Waals surface area contributed by atoms with Gasteiger partial charge < -0.3 is 15.8 Å². The Bertz CT molecular complexity index is 421. The maximum absolute atomic E-state index is 11.7. The summed E-state index contributed by atoms with van der Waals surface area (Å²) >= 11 is 5.82. The number of carbonyl (C=O) groups excluding carboxylic acids is 1. The molecule has 0 aromatic heterocycles. The molecule has 1 aromatic rings. The molecule has 2 rings (SSSR count). The van der Waals surface area contributed by atoms with E-state index in [2.05, 4.69) is 5.32 Å². The fourth-order valence-corrected chi connectivity index (χ4v) is 2.00. The molecule has 4 nitrogen and oxygen atoms in total. The van der Waals surface area contributed by atoms with Crippen molar-refractivity contribution in [1.29, 1.82) is 0 Å². The van der Waals surface area contributed by atoms with Gasteiger partial charge in [-0.05, 0) is 37.0 Å². The Morgan fingerprint density at radius 1 is 1.56 bits per heavy atom. The third-order valence-electron chi connectivity index (χ3n) is 2.96. The first-order valence-electron chi connectivity index (χ1n) is 6.07. The fraction of sp³-hybridized carbons (Fsp3) is 0.462. The lowest BCUT2D eigenvalue weighted by molar-refractivity contribution is -0.123. The van der Waals surface area contributed by atoms with Crippen LogP contribution in [0.3, 0.4) is 0 Å². The van der Waals surface area contributed by atoms with E-state index >= 15 is 0 Å². The highest BCUT2D eigenvalue weighted by atomic mass is 35.5. The Labute approximate surface area is 111 Å². The molecule has 1 fully saturated rings. The van der Waals surface area contributed by atoms with E-state index in [0.29, 0.717) is 23.2 Å². The van der Waals surface area contributed by atoms with Crippen LogP contribution in [0.2, 0.25) is 5.02 Å². The average Bonchev–Trinajstić information content (AvgIpc) is 3.18. The first-order valence-corrected chi connectivity index (χ1v) is 6.44. The van der Waals surface area contributed by atoms with Gasteiger partial charge in [0.1, 0.15) is 5.75 Å². The van der Waals surface area contributed by atoms with Gasteiger partial charge in [0.2, 0.25) is 0 Å². The highest BCUT2D eigenvalue weighted by Gasteiger charge is 2.31. The first-order chi connectivity index (χ1) is 8.69. The van der Waals surface area contributed by atoms with E-state index in [1.807, 2.05) is 0 Å². The van der Waals surface area contributed by atoms with Gasteiger partial charge >= 0.3 is 0 Å². The second kappa shape index (κ2) is 6.07. The minimum Gasteiger partial charge on any atom is -0.484 e. The zero-order valence-corrected chi connectivity index (χ0v) is 10.8. The van der Waals surface area contributed by atoms with Crippen LogP contribution in [0.1, 0.15) is 12.8 Å². The molecule has 1 atom stereocenters. The molecule has 5 heteroatoms. The van der Waals surface area contributed by atoms with Gasteiger partial charge in [-0.15, -0.1) is 0 Å². The molecule has 0 bridgehead atoms. The smallest absolute Gasteiger partial charge is 0.258 e. The summed E-state index contributed by atoms with van der Waals surface area (Å²) in [6.07, 6.45) is 2.30. The molecular formula is C13H17ClN2O2. The minimum atomic E-state index is -0.141. The molecule has 1 aromatic carbocycles. The lowest BCUT2D eigenvalue weighted by Crippen LogP contribution is -2.43. The van der Waals surface area contributed by atoms with Gasteiger partial charge in [0.05, 0.1) is 0 Å². The van der Waals surface area contributed by atoms with Gasteiger partial charge in [-0.3, -0.25) is 4.79 Å². The van der Waals surface area contributed by atoms with Crippen molar-refractivity contribution in [2.75, 3.05) is 13.2 Å². The van der Waals surface area contributed by atoms with Crippen LogP contribution in [0.15, 0.2) is 24.3 Å². The van der Waals surface area contributed by atoms with Crippen LogP contribution < -0.4 is 15.8 Å². The van der Waals surface area contributed by atoms with Crippen molar-refractivity contribution < 1.29 is 9.53 Å². The summed E-state index contributed by atoms with van der Waals surface area (Å²) in [5, 5.41) is 3.48. The fourth-order valence-electron chi connectivity index (χ4n) is 1.82. The predicted molar refractivity (Wildman–Crippen MR) is 70.7 cm³/mol. The first kappa shape index (κ1) is 13.2. The van der Waals surface area contributed by atoms with Gasteiger partial charge in [0.25, 0.3) is 5.91 Å². The molecule has 0 saturated heterocycles. The second-order valence-corrected chi connectivity index (χ2v) is 4.93. The van der Waals surface area contributed by atoms with Crippen LogP contribution in [-0.4, -0.2) is 25.1 Å². The van der Waals surface area contributed by atoms with E-state index in [0.717, 1.165) is 12.8 Å². The van der Waals surface area contributed by atoms with Gasteiger partial charge in [-0.1, -0.05) is 17.7 Å². The summed E-state index contributed by atoms with van der Waals surface area (Å²) in [4.78, 5) is 11.7. The molecule has 1 saturated carbocycles. The highest BCUT2D eigenvalue weighted by molar-refractivity contribution is 6.30. The lowest BCUT2D eigenvalue weighted by Gasteiger charge is -2.16. The summed E-state index contributed by atoms with van der Waals surface area (Å²) in [5.41, 5.74) is 5.62. The molecule has 98 valence electrons. The molecule has 1 amide bonds. The van der Waals surface area contributed by atoms with E-state index in [-0.39, 0.29) is 18.6 Å². The number of carbonyl (C=O) groups is 1. The highest BCUT2D eigenvalue weighted by Crippen LogP contribution is 2.32. The van der Waals surface area contributed by atoms with Crippen molar-refractivity contribution in [1.82, 2.24) is 5.32 Å². The van der Waals surface area contributed by atoms with Crippen LogP contribution in [0.5, 0.6) is 5.75 Å². The van der Waals surface area contributed by atoms with Gasteiger partial charge in [-0.2, -0.15) is 0 Å². The topological polar surface area (TPSA) is 64.3 Å². The monoisotopic (exact) mass is 268 g/mol. The van der Waals surface area contributed by atoms with Gasteiger partial charge in [0.15, 0.2) is 6.61 Å². The SMILES string of the molecule is NCC(NC(=O)COc1cccc(Cl)c1)C1CC1. The van der Waals surface area contributed by atoms with Gasteiger partial charge in [0, 0.05) is 17.6 Å². The normalized spacial score (nSPS) is 16.1. The summed E-state index contributed by atoms with van der Waals surface area (Å²) in [6, 6.07) is 7.06. The summed E-state index contributed by atoms with van der Waals surface area (Å²) in [7, 11) is 0. The zero-order chi connectivity index (χ0) is 13.0. The molecule has 0 aliphatic heterocycles. The maximum atomic E-state index is 11.7. The van der Waals surface area contributed by atoms with Crippen molar-refractivity contribution in [3.05, 3.63) is 29.3 Å². The molecule has 1 unspecified atom stereocenters. The number of hydrogen-bond donors (Lipinski definition) is 2. The number of ether oxygens (including phenoxy) is 1. The lowest BCUT2D eigenvalue weighted by atomic mass is 10.2. The minimum absolute atomic E-state index is 0.0104. The van der Waals surface area contributed by atoms with Crippen LogP contribution in [0, 0.1) is 5.92 Å². The Hall–Kier alpha value is -1.26. The number of nitrogens with two attached hydrogens (primary N) is 1. The Kier molecular flexibility index (Phi) is 4.44. The Morgan fingerprint density at radius 2 is 2.33 bits per heavy atom. The number of rotatable bonds is 6. The average molecular weight is 269 g/mol. The Balaban J connectivity index is 1.77. The molecule has 3 N–H and O–H groups in total. The Morgan fingerprint density at radius 3 is 2.94 bits per heavy atom. The molecule has 0 heterocycles. The molecule has 1 aliphatic rings. The number of benzene rings is 1. The predicted octanol–water partition coefficient (Wildman–Crippen LogP) is 1.57. The van der Waals surface area contributed by atoms with E-state index in [4.69, 9.17) is 22.1 Å². The number of nitrogens with one attached hydrogen (secondary N) is 1. The molecule has 0 radical (unpaired) electrons. The quantitative estimate of drug-likeness (QED) is 0.823. The van der Waals surface area contributed by atoms with Crippen LogP contribution in [-0.2, 0) is 4.79 Å². The summed E-state index contributed by atoms with van der Waals surface area (Å²) in [6.45, 7) is 0.469. The second-order valence-electron chi connectivity index (χ2n) is 4.49. The molecule has 18 heavy (non-hydrogen) atoms. The van der Waals surface area contributed by atoms with E-state index in [1.165, 1.54) is 0 Å². The van der Waals surface area contributed by atoms with E-state index in [1.54, 1.807) is 24.3 Å².